The lowest BCUT2D eigenvalue weighted by Crippen LogP contribution is -1.65. The lowest BCUT2D eigenvalue weighted by molar-refractivity contribution is 1.47. The molecule has 0 aliphatic carbocycles. The molecule has 0 aromatic carbocycles. The van der Waals surface area contributed by atoms with Crippen LogP contribution in [0.4, 0.5) is 0 Å². The number of halogens is 1. The molecule has 9 heavy (non-hydrogen) atoms. The molecular weight excluding hydrogens is 154 g/mol. The summed E-state index contributed by atoms with van der Waals surface area (Å²) >= 11 is 6.93. The van der Waals surface area contributed by atoms with Crippen LogP contribution in [0.5, 0.6) is 0 Å². The SMILES string of the molecule is Cc1cc(Cl)sc1C#N. The van der Waals surface area contributed by atoms with Crippen LogP contribution in [-0.2, 0) is 0 Å². The van der Waals surface area contributed by atoms with Crippen molar-refractivity contribution in [2.24, 2.45) is 0 Å². The van der Waals surface area contributed by atoms with E-state index in [1.807, 2.05) is 6.92 Å². The van der Waals surface area contributed by atoms with E-state index in [0.717, 1.165) is 5.56 Å². The summed E-state index contributed by atoms with van der Waals surface area (Å²) in [6.45, 7) is 1.88. The minimum Gasteiger partial charge on any atom is -0.192 e. The summed E-state index contributed by atoms with van der Waals surface area (Å²) in [6, 6.07) is 3.85. The average Bonchev–Trinajstić information content (AvgIpc) is 2.10. The van der Waals surface area contributed by atoms with Gasteiger partial charge in [0.1, 0.15) is 10.9 Å². The lowest BCUT2D eigenvalue weighted by Gasteiger charge is -1.76. The Balaban J connectivity index is 3.20. The number of rotatable bonds is 0. The molecule has 1 heterocycles. The van der Waals surface area contributed by atoms with Crippen molar-refractivity contribution >= 4 is 22.9 Å². The first-order valence-corrected chi connectivity index (χ1v) is 3.59. The highest BCUT2D eigenvalue weighted by atomic mass is 35.5. The van der Waals surface area contributed by atoms with Gasteiger partial charge in [0.25, 0.3) is 0 Å². The summed E-state index contributed by atoms with van der Waals surface area (Å²) in [4.78, 5) is 0.708. The summed E-state index contributed by atoms with van der Waals surface area (Å²) in [5.74, 6) is 0. The van der Waals surface area contributed by atoms with Gasteiger partial charge < -0.3 is 0 Å². The zero-order valence-electron chi connectivity index (χ0n) is 4.81. The highest BCUT2D eigenvalue weighted by Crippen LogP contribution is 2.24. The van der Waals surface area contributed by atoms with Crippen molar-refractivity contribution in [2.75, 3.05) is 0 Å². The number of hydrogen-bond acceptors (Lipinski definition) is 2. The minimum absolute atomic E-state index is 0.684. The predicted octanol–water partition coefficient (Wildman–Crippen LogP) is 2.58. The van der Waals surface area contributed by atoms with Crippen LogP contribution in [0.3, 0.4) is 0 Å². The van der Waals surface area contributed by atoms with E-state index in [9.17, 15) is 0 Å². The normalized spacial score (nSPS) is 9.00. The van der Waals surface area contributed by atoms with Crippen LogP contribution in [-0.4, -0.2) is 0 Å². The second-order valence-corrected chi connectivity index (χ2v) is 3.36. The van der Waals surface area contributed by atoms with Gasteiger partial charge in [-0.1, -0.05) is 11.6 Å². The highest BCUT2D eigenvalue weighted by Gasteiger charge is 2.00. The van der Waals surface area contributed by atoms with Crippen LogP contribution < -0.4 is 0 Å². The second-order valence-electron chi connectivity index (χ2n) is 1.67. The predicted molar refractivity (Wildman–Crippen MR) is 38.8 cm³/mol. The molecule has 0 aliphatic heterocycles. The van der Waals surface area contributed by atoms with Gasteiger partial charge in [-0.05, 0) is 18.6 Å². The summed E-state index contributed by atoms with van der Waals surface area (Å²) in [7, 11) is 0. The quantitative estimate of drug-likeness (QED) is 0.568. The Kier molecular flexibility index (Phi) is 1.75. The molecule has 0 unspecified atom stereocenters. The molecule has 46 valence electrons. The Morgan fingerprint density at radius 2 is 2.44 bits per heavy atom. The van der Waals surface area contributed by atoms with Gasteiger partial charge in [0.2, 0.25) is 0 Å². The van der Waals surface area contributed by atoms with E-state index in [4.69, 9.17) is 16.9 Å². The molecule has 0 saturated heterocycles. The molecule has 0 N–H and O–H groups in total. The van der Waals surface area contributed by atoms with Gasteiger partial charge in [-0.3, -0.25) is 0 Å². The van der Waals surface area contributed by atoms with Crippen molar-refractivity contribution in [2.45, 2.75) is 6.92 Å². The number of nitrogens with zero attached hydrogens (tertiary/aromatic N) is 1. The highest BCUT2D eigenvalue weighted by molar-refractivity contribution is 7.16. The monoisotopic (exact) mass is 157 g/mol. The van der Waals surface area contributed by atoms with Gasteiger partial charge >= 0.3 is 0 Å². The zero-order chi connectivity index (χ0) is 6.85. The summed E-state index contributed by atoms with van der Waals surface area (Å²) in [6.07, 6.45) is 0. The Hall–Kier alpha value is -0.520. The Bertz CT molecular complexity index is 259. The van der Waals surface area contributed by atoms with Crippen molar-refractivity contribution in [3.05, 3.63) is 20.8 Å². The van der Waals surface area contributed by atoms with Crippen LogP contribution >= 0.6 is 22.9 Å². The van der Waals surface area contributed by atoms with E-state index in [1.165, 1.54) is 11.3 Å². The van der Waals surface area contributed by atoms with Gasteiger partial charge in [0.15, 0.2) is 0 Å². The van der Waals surface area contributed by atoms with E-state index in [1.54, 1.807) is 6.07 Å². The molecule has 0 fully saturated rings. The first-order valence-electron chi connectivity index (χ1n) is 2.40. The van der Waals surface area contributed by atoms with Gasteiger partial charge in [-0.2, -0.15) is 5.26 Å². The van der Waals surface area contributed by atoms with Crippen molar-refractivity contribution < 1.29 is 0 Å². The van der Waals surface area contributed by atoms with Gasteiger partial charge in [-0.15, -0.1) is 11.3 Å². The fourth-order valence-corrected chi connectivity index (χ4v) is 1.65. The van der Waals surface area contributed by atoms with Crippen LogP contribution in [0.25, 0.3) is 0 Å². The fraction of sp³-hybridized carbons (Fsp3) is 0.167. The van der Waals surface area contributed by atoms with Crippen molar-refractivity contribution in [1.82, 2.24) is 0 Å². The van der Waals surface area contributed by atoms with Crippen molar-refractivity contribution in [1.29, 1.82) is 5.26 Å². The Morgan fingerprint density at radius 3 is 2.67 bits per heavy atom. The number of hydrogen-bond donors (Lipinski definition) is 0. The molecule has 0 bridgehead atoms. The molecule has 1 aromatic heterocycles. The molecule has 3 heteroatoms. The van der Waals surface area contributed by atoms with Crippen LogP contribution in [0.15, 0.2) is 6.07 Å². The van der Waals surface area contributed by atoms with Gasteiger partial charge in [0.05, 0.1) is 4.34 Å². The molecule has 0 aliphatic rings. The topological polar surface area (TPSA) is 23.8 Å². The molecule has 0 atom stereocenters. The van der Waals surface area contributed by atoms with Crippen LogP contribution in [0, 0.1) is 18.3 Å². The Labute approximate surface area is 62.5 Å². The van der Waals surface area contributed by atoms with E-state index in [-0.39, 0.29) is 0 Å². The summed E-state index contributed by atoms with van der Waals surface area (Å²) in [5, 5.41) is 8.43. The summed E-state index contributed by atoms with van der Waals surface area (Å²) < 4.78 is 0.684. The fourth-order valence-electron chi connectivity index (χ4n) is 0.554. The maximum Gasteiger partial charge on any atom is 0.110 e. The van der Waals surface area contributed by atoms with Crippen molar-refractivity contribution in [3.63, 3.8) is 0 Å². The van der Waals surface area contributed by atoms with E-state index >= 15 is 0 Å². The smallest absolute Gasteiger partial charge is 0.110 e. The van der Waals surface area contributed by atoms with Crippen LogP contribution in [0.1, 0.15) is 10.4 Å². The number of aryl methyl sites for hydroxylation is 1. The third kappa shape index (κ3) is 1.24. The third-order valence-electron chi connectivity index (χ3n) is 0.989. The lowest BCUT2D eigenvalue weighted by atomic mass is 10.3. The largest absolute Gasteiger partial charge is 0.192 e. The van der Waals surface area contributed by atoms with Crippen molar-refractivity contribution in [3.8, 4) is 6.07 Å². The maximum atomic E-state index is 8.43. The molecule has 0 amide bonds. The average molecular weight is 158 g/mol. The minimum atomic E-state index is 0.684. The molecule has 1 nitrogen and oxygen atoms in total. The Morgan fingerprint density at radius 1 is 1.78 bits per heavy atom. The molecule has 0 radical (unpaired) electrons. The standard InChI is InChI=1S/C6H4ClNS/c1-4-2-6(7)9-5(4)3-8/h2H,1H3. The first kappa shape index (κ1) is 6.60. The maximum absolute atomic E-state index is 8.43. The van der Waals surface area contributed by atoms with E-state index < -0.39 is 0 Å². The van der Waals surface area contributed by atoms with E-state index in [0.29, 0.717) is 9.21 Å². The molecule has 1 rings (SSSR count). The molecule has 1 aromatic rings. The molecule has 0 spiro atoms. The van der Waals surface area contributed by atoms with E-state index in [2.05, 4.69) is 6.07 Å². The summed E-state index contributed by atoms with van der Waals surface area (Å²) in [5.41, 5.74) is 0.965. The second kappa shape index (κ2) is 2.38. The molecule has 0 saturated carbocycles. The molecular formula is C6H4ClNS. The van der Waals surface area contributed by atoms with Gasteiger partial charge in [-0.25, -0.2) is 0 Å². The van der Waals surface area contributed by atoms with Gasteiger partial charge in [0, 0.05) is 0 Å². The third-order valence-corrected chi connectivity index (χ3v) is 2.26. The van der Waals surface area contributed by atoms with Crippen LogP contribution in [0.2, 0.25) is 4.34 Å². The first-order chi connectivity index (χ1) is 4.24. The zero-order valence-corrected chi connectivity index (χ0v) is 6.38. The number of thiophene rings is 1. The number of nitriles is 1.